The quantitative estimate of drug-likeness (QED) is 0.588. The summed E-state index contributed by atoms with van der Waals surface area (Å²) in [4.78, 5) is 33.8. The molecule has 0 aliphatic rings. The smallest absolute Gasteiger partial charge is 0.260 e. The summed E-state index contributed by atoms with van der Waals surface area (Å²) in [5, 5.41) is 4.12. The number of rotatable bonds is 6. The zero-order valence-corrected chi connectivity index (χ0v) is 17.4. The zero-order valence-electron chi connectivity index (χ0n) is 15.8. The van der Waals surface area contributed by atoms with Gasteiger partial charge in [-0.1, -0.05) is 32.0 Å². The van der Waals surface area contributed by atoms with Gasteiger partial charge in [0.25, 0.3) is 5.56 Å². The second-order valence-electron chi connectivity index (χ2n) is 7.49. The summed E-state index contributed by atoms with van der Waals surface area (Å²) >= 11 is 2.82. The van der Waals surface area contributed by atoms with E-state index in [4.69, 9.17) is 0 Å². The Labute approximate surface area is 157 Å². The van der Waals surface area contributed by atoms with Crippen molar-refractivity contribution in [3.8, 4) is 0 Å². The molecule has 0 radical (unpaired) electrons. The van der Waals surface area contributed by atoms with Gasteiger partial charge < -0.3 is 10.3 Å². The third kappa shape index (κ3) is 5.31. The highest BCUT2D eigenvalue weighted by Crippen LogP contribution is 2.30. The lowest BCUT2D eigenvalue weighted by Gasteiger charge is -2.20. The number of aromatic amines is 1. The van der Waals surface area contributed by atoms with Gasteiger partial charge in [-0.15, -0.1) is 11.3 Å². The Morgan fingerprint density at radius 2 is 2.08 bits per heavy atom. The molecule has 1 amide bonds. The minimum Gasteiger partial charge on any atom is -0.351 e. The average molecular weight is 382 g/mol. The molecule has 1 atom stereocenters. The summed E-state index contributed by atoms with van der Waals surface area (Å²) in [5.41, 5.74) is 0.745. The molecule has 0 aliphatic carbocycles. The number of carbonyl (C=O) groups excluding carboxylic acids is 1. The van der Waals surface area contributed by atoms with E-state index in [0.29, 0.717) is 16.5 Å². The molecule has 0 fully saturated rings. The van der Waals surface area contributed by atoms with Crippen molar-refractivity contribution in [2.45, 2.75) is 65.1 Å². The number of carbonyl (C=O) groups is 1. The topological polar surface area (TPSA) is 74.8 Å². The Morgan fingerprint density at radius 3 is 2.68 bits per heavy atom. The molecule has 1 unspecified atom stereocenters. The molecular weight excluding hydrogens is 354 g/mol. The fourth-order valence-electron chi connectivity index (χ4n) is 2.55. The molecular formula is C18H27N3O2S2. The Hall–Kier alpha value is -1.34. The number of fused-ring (bicyclic) bond motifs is 1. The summed E-state index contributed by atoms with van der Waals surface area (Å²) in [6.45, 7) is 12.2. The maximum absolute atomic E-state index is 12.6. The van der Waals surface area contributed by atoms with Gasteiger partial charge in [-0.3, -0.25) is 9.59 Å². The van der Waals surface area contributed by atoms with Crippen LogP contribution in [0.4, 0.5) is 0 Å². The maximum Gasteiger partial charge on any atom is 0.260 e. The number of hydrogen-bond donors (Lipinski definition) is 2. The molecule has 2 aromatic rings. The molecule has 0 saturated heterocycles. The van der Waals surface area contributed by atoms with Crippen molar-refractivity contribution in [3.63, 3.8) is 0 Å². The lowest BCUT2D eigenvalue weighted by molar-refractivity contribution is -0.119. The maximum atomic E-state index is 12.6. The molecule has 2 rings (SSSR count). The first-order chi connectivity index (χ1) is 11.6. The Kier molecular flexibility index (Phi) is 6.32. The van der Waals surface area contributed by atoms with Gasteiger partial charge in [-0.05, 0) is 45.6 Å². The molecule has 0 bridgehead atoms. The van der Waals surface area contributed by atoms with Gasteiger partial charge in [-0.25, -0.2) is 4.98 Å². The van der Waals surface area contributed by atoms with Crippen LogP contribution in [-0.4, -0.2) is 27.2 Å². The van der Waals surface area contributed by atoms with E-state index in [9.17, 15) is 9.59 Å². The summed E-state index contributed by atoms with van der Waals surface area (Å²) in [7, 11) is 0. The lowest BCUT2D eigenvalue weighted by Crippen LogP contribution is -2.41. The number of thiophene rings is 1. The van der Waals surface area contributed by atoms with Crippen molar-refractivity contribution < 1.29 is 4.79 Å². The van der Waals surface area contributed by atoms with E-state index in [1.165, 1.54) is 11.8 Å². The second kappa shape index (κ2) is 7.91. The van der Waals surface area contributed by atoms with E-state index in [-0.39, 0.29) is 22.8 Å². The molecule has 2 N–H and O–H groups in total. The van der Waals surface area contributed by atoms with Gasteiger partial charge in [0.15, 0.2) is 5.16 Å². The first kappa shape index (κ1) is 20.0. The molecule has 0 aromatic carbocycles. The number of hydrogen-bond acceptors (Lipinski definition) is 5. The van der Waals surface area contributed by atoms with E-state index in [2.05, 4.69) is 29.1 Å². The third-order valence-corrected chi connectivity index (χ3v) is 5.86. The normalized spacial score (nSPS) is 13.2. The zero-order chi connectivity index (χ0) is 18.8. The van der Waals surface area contributed by atoms with Crippen molar-refractivity contribution in [2.75, 3.05) is 5.75 Å². The number of aryl methyl sites for hydroxylation is 1. The van der Waals surface area contributed by atoms with E-state index < -0.39 is 0 Å². The summed E-state index contributed by atoms with van der Waals surface area (Å²) in [6, 6.07) is 0. The highest BCUT2D eigenvalue weighted by molar-refractivity contribution is 7.99. The van der Waals surface area contributed by atoms with Crippen LogP contribution in [-0.2, 0) is 11.2 Å². The van der Waals surface area contributed by atoms with Crippen LogP contribution in [0.3, 0.4) is 0 Å². The fraction of sp³-hybridized carbons (Fsp3) is 0.611. The van der Waals surface area contributed by atoms with Crippen molar-refractivity contribution >= 4 is 39.2 Å². The van der Waals surface area contributed by atoms with Gasteiger partial charge in [0.2, 0.25) is 5.91 Å². The number of thioether (sulfide) groups is 1. The molecule has 7 heteroatoms. The highest BCUT2D eigenvalue weighted by atomic mass is 32.2. The molecule has 0 saturated carbocycles. The lowest BCUT2D eigenvalue weighted by atomic mass is 9.98. The predicted octanol–water partition coefficient (Wildman–Crippen LogP) is 3.89. The number of H-pyrrole nitrogens is 1. The van der Waals surface area contributed by atoms with Crippen LogP contribution in [0.1, 0.15) is 51.5 Å². The van der Waals surface area contributed by atoms with Crippen LogP contribution >= 0.6 is 23.1 Å². The molecule has 2 aromatic heterocycles. The van der Waals surface area contributed by atoms with Crippen LogP contribution in [0.2, 0.25) is 0 Å². The monoisotopic (exact) mass is 381 g/mol. The summed E-state index contributed by atoms with van der Waals surface area (Å²) < 4.78 is 0. The van der Waals surface area contributed by atoms with E-state index in [1.807, 2.05) is 27.7 Å². The van der Waals surface area contributed by atoms with Crippen LogP contribution < -0.4 is 10.9 Å². The first-order valence-corrected chi connectivity index (χ1v) is 10.4. The van der Waals surface area contributed by atoms with Crippen LogP contribution in [0.25, 0.3) is 10.2 Å². The first-order valence-electron chi connectivity index (χ1n) is 8.56. The number of amides is 1. The predicted molar refractivity (Wildman–Crippen MR) is 107 cm³/mol. The van der Waals surface area contributed by atoms with Gasteiger partial charge in [0.05, 0.1) is 11.1 Å². The Bertz CT molecular complexity index is 818. The van der Waals surface area contributed by atoms with Crippen molar-refractivity contribution in [1.82, 2.24) is 15.3 Å². The molecule has 5 nitrogen and oxygen atoms in total. The van der Waals surface area contributed by atoms with Crippen molar-refractivity contribution in [2.24, 2.45) is 5.92 Å². The van der Waals surface area contributed by atoms with E-state index >= 15 is 0 Å². The van der Waals surface area contributed by atoms with Gasteiger partial charge in [0.1, 0.15) is 4.83 Å². The van der Waals surface area contributed by atoms with E-state index in [0.717, 1.165) is 28.1 Å². The largest absolute Gasteiger partial charge is 0.351 e. The molecule has 25 heavy (non-hydrogen) atoms. The number of nitrogens with one attached hydrogen (secondary N) is 2. The minimum atomic E-state index is -0.266. The summed E-state index contributed by atoms with van der Waals surface area (Å²) in [5.74, 6) is 0.696. The summed E-state index contributed by atoms with van der Waals surface area (Å²) in [6.07, 6.45) is 1.98. The SMILES string of the molecule is CCC(C)Cc1c(C)sc2nc(SCC(=O)NC(C)(C)C)[nH]c(=O)c12. The van der Waals surface area contributed by atoms with Crippen molar-refractivity contribution in [3.05, 3.63) is 20.8 Å². The second-order valence-corrected chi connectivity index (χ2v) is 9.66. The minimum absolute atomic E-state index is 0.0694. The fourth-order valence-corrected chi connectivity index (χ4v) is 4.32. The van der Waals surface area contributed by atoms with Gasteiger partial charge in [0, 0.05) is 10.4 Å². The molecule has 0 spiro atoms. The van der Waals surface area contributed by atoms with Crippen LogP contribution in [0, 0.1) is 12.8 Å². The van der Waals surface area contributed by atoms with Crippen LogP contribution in [0.5, 0.6) is 0 Å². The van der Waals surface area contributed by atoms with Gasteiger partial charge in [-0.2, -0.15) is 0 Å². The van der Waals surface area contributed by atoms with E-state index in [1.54, 1.807) is 11.3 Å². The third-order valence-electron chi connectivity index (χ3n) is 3.94. The van der Waals surface area contributed by atoms with Gasteiger partial charge >= 0.3 is 0 Å². The standard InChI is InChI=1S/C18H27N3O2S2/c1-7-10(2)8-12-11(3)25-16-14(12)15(23)19-17(20-16)24-9-13(22)21-18(4,5)6/h10H,7-9H2,1-6H3,(H,21,22)(H,19,20,23). The average Bonchev–Trinajstić information content (AvgIpc) is 2.79. The number of nitrogens with zero attached hydrogens (tertiary/aromatic N) is 1. The highest BCUT2D eigenvalue weighted by Gasteiger charge is 2.18. The molecule has 0 aliphatic heterocycles. The molecule has 138 valence electrons. The van der Waals surface area contributed by atoms with Crippen LogP contribution in [0.15, 0.2) is 9.95 Å². The number of aromatic nitrogens is 2. The Balaban J connectivity index is 2.22. The van der Waals surface area contributed by atoms with Crippen molar-refractivity contribution in [1.29, 1.82) is 0 Å². The Morgan fingerprint density at radius 1 is 1.40 bits per heavy atom. The molecule has 2 heterocycles.